The summed E-state index contributed by atoms with van der Waals surface area (Å²) in [5.74, 6) is 1.22. The fraction of sp³-hybridized carbons (Fsp3) is 0.556. The molecular weight excluding hydrogens is 322 g/mol. The van der Waals surface area contributed by atoms with Crippen LogP contribution < -0.4 is 9.47 Å². The van der Waals surface area contributed by atoms with E-state index < -0.39 is 0 Å². The van der Waals surface area contributed by atoms with E-state index in [9.17, 15) is 9.59 Å². The van der Waals surface area contributed by atoms with Gasteiger partial charge in [0, 0.05) is 39.1 Å². The van der Waals surface area contributed by atoms with Crippen LogP contribution in [0.15, 0.2) is 24.3 Å². The first-order valence-electron chi connectivity index (χ1n) is 8.47. The van der Waals surface area contributed by atoms with Crippen LogP contribution in [0.2, 0.25) is 0 Å². The number of rotatable bonds is 7. The summed E-state index contributed by atoms with van der Waals surface area (Å²) in [6.45, 7) is 2.95. The molecule has 1 fully saturated rings. The molecule has 0 unspecified atom stereocenters. The summed E-state index contributed by atoms with van der Waals surface area (Å²) in [6, 6.07) is 7.24. The van der Waals surface area contributed by atoms with Crippen LogP contribution >= 0.6 is 0 Å². The van der Waals surface area contributed by atoms with Gasteiger partial charge in [0.25, 0.3) is 5.91 Å². The van der Waals surface area contributed by atoms with Crippen molar-refractivity contribution in [2.45, 2.75) is 6.42 Å². The lowest BCUT2D eigenvalue weighted by atomic mass is 10.2. The van der Waals surface area contributed by atoms with Crippen LogP contribution in [0, 0.1) is 0 Å². The molecule has 1 heterocycles. The van der Waals surface area contributed by atoms with E-state index in [0.717, 1.165) is 6.54 Å². The molecule has 0 bridgehead atoms. The standard InChI is InChI=1S/C18H27N3O4/c1-19(2)9-8-17(22)20-10-12-21(13-11-20)18(23)14-25-16-7-5-4-6-15(16)24-3/h4-7H,8-14H2,1-3H3. The Morgan fingerprint density at radius 2 is 1.56 bits per heavy atom. The summed E-state index contributed by atoms with van der Waals surface area (Å²) in [5.41, 5.74) is 0. The second-order valence-corrected chi connectivity index (χ2v) is 6.25. The van der Waals surface area contributed by atoms with Gasteiger partial charge >= 0.3 is 0 Å². The second-order valence-electron chi connectivity index (χ2n) is 6.25. The molecule has 1 aromatic carbocycles. The van der Waals surface area contributed by atoms with E-state index in [2.05, 4.69) is 0 Å². The van der Waals surface area contributed by atoms with Crippen molar-refractivity contribution in [1.82, 2.24) is 14.7 Å². The van der Waals surface area contributed by atoms with Crippen LogP contribution in [0.3, 0.4) is 0 Å². The fourth-order valence-corrected chi connectivity index (χ4v) is 2.65. The van der Waals surface area contributed by atoms with Crippen LogP contribution in [0.25, 0.3) is 0 Å². The first kappa shape index (κ1) is 19.1. The number of nitrogens with zero attached hydrogens (tertiary/aromatic N) is 3. The van der Waals surface area contributed by atoms with Crippen molar-refractivity contribution in [3.8, 4) is 11.5 Å². The van der Waals surface area contributed by atoms with Gasteiger partial charge in [-0.2, -0.15) is 0 Å². The van der Waals surface area contributed by atoms with Crippen LogP contribution in [-0.2, 0) is 9.59 Å². The van der Waals surface area contributed by atoms with Crippen molar-refractivity contribution in [2.75, 3.05) is 60.5 Å². The summed E-state index contributed by atoms with van der Waals surface area (Å²) in [4.78, 5) is 30.0. The van der Waals surface area contributed by atoms with Gasteiger partial charge in [-0.15, -0.1) is 0 Å². The molecule has 0 spiro atoms. The monoisotopic (exact) mass is 349 g/mol. The van der Waals surface area contributed by atoms with Crippen molar-refractivity contribution in [3.05, 3.63) is 24.3 Å². The molecular formula is C18H27N3O4. The average molecular weight is 349 g/mol. The molecule has 0 aromatic heterocycles. The van der Waals surface area contributed by atoms with Crippen molar-refractivity contribution in [1.29, 1.82) is 0 Å². The molecule has 1 aliphatic rings. The smallest absolute Gasteiger partial charge is 0.260 e. The third-order valence-corrected chi connectivity index (χ3v) is 4.18. The van der Waals surface area contributed by atoms with Crippen molar-refractivity contribution in [3.63, 3.8) is 0 Å². The second kappa shape index (κ2) is 9.27. The quantitative estimate of drug-likeness (QED) is 0.725. The van der Waals surface area contributed by atoms with Crippen LogP contribution in [-0.4, -0.2) is 87.0 Å². The predicted molar refractivity (Wildman–Crippen MR) is 94.8 cm³/mol. The SMILES string of the molecule is COc1ccccc1OCC(=O)N1CCN(C(=O)CCN(C)C)CC1. The van der Waals surface area contributed by atoms with Crippen molar-refractivity contribution < 1.29 is 19.1 Å². The molecule has 2 rings (SSSR count). The highest BCUT2D eigenvalue weighted by Crippen LogP contribution is 2.25. The Bertz CT molecular complexity index is 583. The topological polar surface area (TPSA) is 62.3 Å². The highest BCUT2D eigenvalue weighted by atomic mass is 16.5. The van der Waals surface area contributed by atoms with Gasteiger partial charge in [-0.1, -0.05) is 12.1 Å². The average Bonchev–Trinajstić information content (AvgIpc) is 2.64. The zero-order valence-corrected chi connectivity index (χ0v) is 15.2. The lowest BCUT2D eigenvalue weighted by molar-refractivity contribution is -0.140. The predicted octanol–water partition coefficient (Wildman–Crippen LogP) is 0.697. The van der Waals surface area contributed by atoms with Gasteiger partial charge in [-0.25, -0.2) is 0 Å². The number of amides is 2. The number of ether oxygens (including phenoxy) is 2. The third-order valence-electron chi connectivity index (χ3n) is 4.18. The van der Waals surface area contributed by atoms with E-state index in [1.54, 1.807) is 24.1 Å². The zero-order valence-electron chi connectivity index (χ0n) is 15.2. The highest BCUT2D eigenvalue weighted by Gasteiger charge is 2.24. The molecule has 1 aliphatic heterocycles. The maximum Gasteiger partial charge on any atom is 0.260 e. The van der Waals surface area contributed by atoms with Crippen LogP contribution in [0.5, 0.6) is 11.5 Å². The number of carbonyl (C=O) groups is 2. The molecule has 0 radical (unpaired) electrons. The number of benzene rings is 1. The van der Waals surface area contributed by atoms with Crippen molar-refractivity contribution in [2.24, 2.45) is 0 Å². The Hall–Kier alpha value is -2.28. The Morgan fingerprint density at radius 1 is 1.00 bits per heavy atom. The molecule has 1 aromatic rings. The van der Waals surface area contributed by atoms with Gasteiger partial charge in [0.2, 0.25) is 5.91 Å². The highest BCUT2D eigenvalue weighted by molar-refractivity contribution is 5.79. The minimum Gasteiger partial charge on any atom is -0.493 e. The normalized spacial score (nSPS) is 14.6. The van der Waals surface area contributed by atoms with Gasteiger partial charge in [0.15, 0.2) is 18.1 Å². The summed E-state index contributed by atoms with van der Waals surface area (Å²) in [5, 5.41) is 0. The molecule has 0 saturated carbocycles. The maximum atomic E-state index is 12.3. The number of hydrogen-bond acceptors (Lipinski definition) is 5. The molecule has 7 nitrogen and oxygen atoms in total. The van der Waals surface area contributed by atoms with E-state index in [1.807, 2.05) is 36.0 Å². The van der Waals surface area contributed by atoms with Gasteiger partial charge in [0.1, 0.15) is 0 Å². The number of piperazine rings is 1. The largest absolute Gasteiger partial charge is 0.493 e. The molecule has 2 amide bonds. The number of para-hydroxylation sites is 2. The number of hydrogen-bond donors (Lipinski definition) is 0. The summed E-state index contributed by atoms with van der Waals surface area (Å²) in [7, 11) is 5.47. The van der Waals surface area contributed by atoms with Crippen LogP contribution in [0.1, 0.15) is 6.42 Å². The minimum absolute atomic E-state index is 0.0328. The zero-order chi connectivity index (χ0) is 18.2. The first-order valence-corrected chi connectivity index (χ1v) is 8.47. The number of methoxy groups -OCH3 is 1. The molecule has 138 valence electrons. The molecule has 25 heavy (non-hydrogen) atoms. The Balaban J connectivity index is 1.76. The molecule has 0 aliphatic carbocycles. The van der Waals surface area contributed by atoms with E-state index in [4.69, 9.17) is 9.47 Å². The Kier molecular flexibility index (Phi) is 7.06. The fourth-order valence-electron chi connectivity index (χ4n) is 2.65. The van der Waals surface area contributed by atoms with E-state index in [0.29, 0.717) is 44.1 Å². The molecule has 0 atom stereocenters. The Labute approximate surface area is 149 Å². The lowest BCUT2D eigenvalue weighted by Crippen LogP contribution is -2.51. The lowest BCUT2D eigenvalue weighted by Gasteiger charge is -2.35. The number of carbonyl (C=O) groups excluding carboxylic acids is 2. The molecule has 0 N–H and O–H groups in total. The maximum absolute atomic E-state index is 12.3. The van der Waals surface area contributed by atoms with Crippen LogP contribution in [0.4, 0.5) is 0 Å². The summed E-state index contributed by atoms with van der Waals surface area (Å²) < 4.78 is 10.8. The molecule has 7 heteroatoms. The van der Waals surface area contributed by atoms with E-state index in [-0.39, 0.29) is 18.4 Å². The summed E-state index contributed by atoms with van der Waals surface area (Å²) >= 11 is 0. The van der Waals surface area contributed by atoms with E-state index in [1.165, 1.54) is 0 Å². The Morgan fingerprint density at radius 3 is 2.12 bits per heavy atom. The van der Waals surface area contributed by atoms with Gasteiger partial charge < -0.3 is 24.2 Å². The first-order chi connectivity index (χ1) is 12.0. The van der Waals surface area contributed by atoms with Crippen molar-refractivity contribution >= 4 is 11.8 Å². The minimum atomic E-state index is -0.0775. The van der Waals surface area contributed by atoms with Gasteiger partial charge in [-0.05, 0) is 26.2 Å². The van der Waals surface area contributed by atoms with E-state index >= 15 is 0 Å². The van der Waals surface area contributed by atoms with Gasteiger partial charge in [0.05, 0.1) is 7.11 Å². The van der Waals surface area contributed by atoms with Gasteiger partial charge in [-0.3, -0.25) is 9.59 Å². The molecule has 1 saturated heterocycles. The third kappa shape index (κ3) is 5.63. The summed E-state index contributed by atoms with van der Waals surface area (Å²) in [6.07, 6.45) is 0.512.